The quantitative estimate of drug-likeness (QED) is 0.369. The summed E-state index contributed by atoms with van der Waals surface area (Å²) in [6.07, 6.45) is 10.9. The van der Waals surface area contributed by atoms with Crippen LogP contribution in [0.25, 0.3) is 0 Å². The van der Waals surface area contributed by atoms with Crippen molar-refractivity contribution in [2.24, 2.45) is 10.9 Å². The van der Waals surface area contributed by atoms with Crippen LogP contribution < -0.4 is 5.32 Å². The number of hydrogen-bond acceptors (Lipinski definition) is 2. The highest BCUT2D eigenvalue weighted by Crippen LogP contribution is 2.44. The Balaban J connectivity index is 0.00000240. The molecule has 158 valence electrons. The molecule has 1 aromatic carbocycles. The summed E-state index contributed by atoms with van der Waals surface area (Å²) in [6.45, 7) is 8.34. The maximum absolute atomic E-state index is 5.16. The third-order valence-electron chi connectivity index (χ3n) is 6.69. The van der Waals surface area contributed by atoms with Gasteiger partial charge in [0.2, 0.25) is 0 Å². The minimum absolute atomic E-state index is 0. The minimum atomic E-state index is 0. The van der Waals surface area contributed by atoms with Gasteiger partial charge >= 0.3 is 0 Å². The number of halogens is 1. The smallest absolute Gasteiger partial charge is 0.194 e. The zero-order valence-corrected chi connectivity index (χ0v) is 20.0. The Morgan fingerprint density at radius 3 is 2.69 bits per heavy atom. The number of piperidine rings is 1. The number of nitrogens with one attached hydrogen (secondary N) is 1. The zero-order chi connectivity index (χ0) is 19.4. The van der Waals surface area contributed by atoms with Crippen molar-refractivity contribution in [1.29, 1.82) is 0 Å². The number of hydrogen-bond donors (Lipinski definition) is 1. The van der Waals surface area contributed by atoms with Crippen LogP contribution in [-0.4, -0.2) is 46.6 Å². The third-order valence-corrected chi connectivity index (χ3v) is 6.69. The van der Waals surface area contributed by atoms with Crippen molar-refractivity contribution >= 4 is 29.9 Å². The molecule has 0 amide bonds. The van der Waals surface area contributed by atoms with E-state index in [1.165, 1.54) is 31.2 Å². The van der Waals surface area contributed by atoms with E-state index in [1.807, 2.05) is 12.5 Å². The van der Waals surface area contributed by atoms with E-state index in [0.29, 0.717) is 12.0 Å². The van der Waals surface area contributed by atoms with Gasteiger partial charge in [-0.2, -0.15) is 0 Å². The van der Waals surface area contributed by atoms with E-state index in [4.69, 9.17) is 4.99 Å². The largest absolute Gasteiger partial charge is 0.357 e. The Bertz CT molecular complexity index is 770. The first-order valence-electron chi connectivity index (χ1n) is 10.8. The van der Waals surface area contributed by atoms with Crippen LogP contribution in [0.1, 0.15) is 51.1 Å². The van der Waals surface area contributed by atoms with Crippen molar-refractivity contribution in [2.45, 2.75) is 51.0 Å². The lowest BCUT2D eigenvalue weighted by Gasteiger charge is -2.42. The molecule has 1 aliphatic carbocycles. The Kier molecular flexibility index (Phi) is 7.60. The fraction of sp³-hybridized carbons (Fsp3) is 0.565. The molecule has 2 heterocycles. The summed E-state index contributed by atoms with van der Waals surface area (Å²) in [5, 5.41) is 3.56. The van der Waals surface area contributed by atoms with Crippen molar-refractivity contribution in [3.05, 3.63) is 54.6 Å². The van der Waals surface area contributed by atoms with E-state index < -0.39 is 0 Å². The van der Waals surface area contributed by atoms with Crippen LogP contribution in [0.2, 0.25) is 0 Å². The summed E-state index contributed by atoms with van der Waals surface area (Å²) < 4.78 is 2.26. The average molecular weight is 507 g/mol. The van der Waals surface area contributed by atoms with Crippen LogP contribution in [0, 0.1) is 5.92 Å². The summed E-state index contributed by atoms with van der Waals surface area (Å²) in [5.41, 5.74) is 1.68. The molecule has 1 N–H and O–H groups in total. The van der Waals surface area contributed by atoms with Gasteiger partial charge in [-0.25, -0.2) is 4.98 Å². The molecule has 1 saturated carbocycles. The van der Waals surface area contributed by atoms with Crippen molar-refractivity contribution in [1.82, 2.24) is 19.8 Å². The second kappa shape index (κ2) is 9.96. The second-order valence-electron chi connectivity index (χ2n) is 8.46. The molecule has 0 bridgehead atoms. The van der Waals surface area contributed by atoms with Gasteiger partial charge in [-0.1, -0.05) is 43.7 Å². The fourth-order valence-electron chi connectivity index (χ4n) is 4.68. The summed E-state index contributed by atoms with van der Waals surface area (Å²) >= 11 is 0. The molecule has 2 atom stereocenters. The Morgan fingerprint density at radius 1 is 1.28 bits per heavy atom. The second-order valence-corrected chi connectivity index (χ2v) is 8.46. The third kappa shape index (κ3) is 4.78. The molecule has 0 spiro atoms. The molecule has 29 heavy (non-hydrogen) atoms. The first kappa shape index (κ1) is 22.1. The van der Waals surface area contributed by atoms with E-state index in [1.54, 1.807) is 0 Å². The SMILES string of the molecule is CCNC(=NCC1(c2ccccc2)CCC1)N1CCC(C)C(n2ccnc2)C1.I. The summed E-state index contributed by atoms with van der Waals surface area (Å²) in [4.78, 5) is 11.9. The molecule has 4 rings (SSSR count). The highest BCUT2D eigenvalue weighted by atomic mass is 127. The molecule has 2 fully saturated rings. The van der Waals surface area contributed by atoms with Crippen molar-refractivity contribution in [3.8, 4) is 0 Å². The van der Waals surface area contributed by atoms with Crippen LogP contribution in [0.15, 0.2) is 54.0 Å². The Labute approximate surface area is 192 Å². The summed E-state index contributed by atoms with van der Waals surface area (Å²) in [6, 6.07) is 11.4. The van der Waals surface area contributed by atoms with Gasteiger partial charge in [-0.3, -0.25) is 4.99 Å². The summed E-state index contributed by atoms with van der Waals surface area (Å²) in [7, 11) is 0. The van der Waals surface area contributed by atoms with Crippen LogP contribution >= 0.6 is 24.0 Å². The summed E-state index contributed by atoms with van der Waals surface area (Å²) in [5.74, 6) is 1.72. The molecule has 1 saturated heterocycles. The van der Waals surface area contributed by atoms with E-state index in [9.17, 15) is 0 Å². The number of benzene rings is 1. The molecule has 6 heteroatoms. The van der Waals surface area contributed by atoms with E-state index in [0.717, 1.165) is 32.1 Å². The van der Waals surface area contributed by atoms with Crippen molar-refractivity contribution in [3.63, 3.8) is 0 Å². The molecular weight excluding hydrogens is 473 g/mol. The number of guanidine groups is 1. The van der Waals surface area contributed by atoms with Crippen LogP contribution in [-0.2, 0) is 5.41 Å². The van der Waals surface area contributed by atoms with Crippen molar-refractivity contribution < 1.29 is 0 Å². The van der Waals surface area contributed by atoms with Gasteiger partial charge in [0, 0.05) is 37.4 Å². The van der Waals surface area contributed by atoms with Crippen LogP contribution in [0.3, 0.4) is 0 Å². The van der Waals surface area contributed by atoms with Crippen molar-refractivity contribution in [2.75, 3.05) is 26.2 Å². The maximum Gasteiger partial charge on any atom is 0.194 e. The highest BCUT2D eigenvalue weighted by molar-refractivity contribution is 14.0. The van der Waals surface area contributed by atoms with Gasteiger partial charge in [0.25, 0.3) is 0 Å². The number of aliphatic imine (C=N–C) groups is 1. The minimum Gasteiger partial charge on any atom is -0.357 e. The molecule has 2 aliphatic rings. The van der Waals surface area contributed by atoms with Gasteiger partial charge in [0.05, 0.1) is 18.9 Å². The van der Waals surface area contributed by atoms with E-state index in [2.05, 4.69) is 70.1 Å². The Morgan fingerprint density at radius 2 is 2.07 bits per heavy atom. The molecule has 2 aromatic rings. The van der Waals surface area contributed by atoms with Gasteiger partial charge in [-0.05, 0) is 37.7 Å². The predicted octanol–water partition coefficient (Wildman–Crippen LogP) is 4.47. The van der Waals surface area contributed by atoms with Gasteiger partial charge in [-0.15, -0.1) is 24.0 Å². The lowest BCUT2D eigenvalue weighted by Crippen LogP contribution is -2.49. The monoisotopic (exact) mass is 507 g/mol. The molecule has 1 aliphatic heterocycles. The number of aromatic nitrogens is 2. The van der Waals surface area contributed by atoms with Crippen LogP contribution in [0.4, 0.5) is 0 Å². The highest BCUT2D eigenvalue weighted by Gasteiger charge is 2.38. The topological polar surface area (TPSA) is 45.5 Å². The first-order valence-corrected chi connectivity index (χ1v) is 10.8. The Hall–Kier alpha value is -1.57. The molecular formula is C23H34IN5. The molecule has 2 unspecified atom stereocenters. The molecule has 5 nitrogen and oxygen atoms in total. The normalized spacial score (nSPS) is 23.8. The standard InChI is InChI=1S/C23H33N5.HI/c1-3-25-22(26-17-23(11-7-12-23)20-8-5-4-6-9-20)27-14-10-19(2)21(16-27)28-15-13-24-18-28;/h4-6,8-9,13,15,18-19,21H,3,7,10-12,14,16-17H2,1-2H3,(H,25,26);1H. The molecule has 1 aromatic heterocycles. The number of likely N-dealkylation sites (tertiary alicyclic amines) is 1. The first-order chi connectivity index (χ1) is 13.7. The maximum atomic E-state index is 5.16. The zero-order valence-electron chi connectivity index (χ0n) is 17.6. The lowest BCUT2D eigenvalue weighted by molar-refractivity contribution is 0.187. The average Bonchev–Trinajstić information content (AvgIpc) is 3.22. The number of nitrogens with zero attached hydrogens (tertiary/aromatic N) is 4. The van der Waals surface area contributed by atoms with Crippen LogP contribution in [0.5, 0.6) is 0 Å². The molecule has 0 radical (unpaired) electrons. The number of rotatable bonds is 5. The van der Waals surface area contributed by atoms with Gasteiger partial charge in [0.1, 0.15) is 0 Å². The fourth-order valence-corrected chi connectivity index (χ4v) is 4.68. The van der Waals surface area contributed by atoms with Gasteiger partial charge in [0.15, 0.2) is 5.96 Å². The number of imidazole rings is 1. The van der Waals surface area contributed by atoms with Gasteiger partial charge < -0.3 is 14.8 Å². The predicted molar refractivity (Wildman–Crippen MR) is 130 cm³/mol. The van der Waals surface area contributed by atoms with E-state index >= 15 is 0 Å². The lowest BCUT2D eigenvalue weighted by atomic mass is 9.64. The van der Waals surface area contributed by atoms with E-state index in [-0.39, 0.29) is 29.4 Å².